The summed E-state index contributed by atoms with van der Waals surface area (Å²) in [6.07, 6.45) is 1.16. The van der Waals surface area contributed by atoms with Crippen LogP contribution in [0.2, 0.25) is 0 Å². The first-order valence-electron chi connectivity index (χ1n) is 5.86. The average Bonchev–Trinajstić information content (AvgIpc) is 2.83. The molecule has 3 heteroatoms. The molecule has 0 aliphatic carbocycles. The van der Waals surface area contributed by atoms with Crippen molar-refractivity contribution in [3.8, 4) is 0 Å². The van der Waals surface area contributed by atoms with Gasteiger partial charge in [0.1, 0.15) is 0 Å². The van der Waals surface area contributed by atoms with Crippen LogP contribution in [0.5, 0.6) is 0 Å². The van der Waals surface area contributed by atoms with E-state index in [4.69, 9.17) is 4.74 Å². The first kappa shape index (κ1) is 11.6. The number of aliphatic hydroxyl groups is 1. The monoisotopic (exact) mass is 221 g/mol. The Balaban J connectivity index is 1.79. The number of ether oxygens (including phenoxy) is 1. The van der Waals surface area contributed by atoms with E-state index in [1.807, 2.05) is 18.2 Å². The minimum atomic E-state index is 0.115. The fraction of sp³-hybridized carbons (Fsp3) is 0.538. The summed E-state index contributed by atoms with van der Waals surface area (Å²) in [7, 11) is 0. The summed E-state index contributed by atoms with van der Waals surface area (Å²) in [6.45, 7) is 3.73. The predicted molar refractivity (Wildman–Crippen MR) is 63.0 cm³/mol. The summed E-state index contributed by atoms with van der Waals surface area (Å²) >= 11 is 0. The van der Waals surface area contributed by atoms with E-state index in [9.17, 15) is 5.11 Å². The zero-order chi connectivity index (χ0) is 11.2. The van der Waals surface area contributed by atoms with E-state index < -0.39 is 0 Å². The highest BCUT2D eigenvalue weighted by Crippen LogP contribution is 2.12. The second kappa shape index (κ2) is 5.99. The Kier molecular flexibility index (Phi) is 4.34. The molecule has 3 nitrogen and oxygen atoms in total. The van der Waals surface area contributed by atoms with E-state index in [0.717, 1.165) is 38.3 Å². The number of hydrogen-bond donors (Lipinski definition) is 2. The third-order valence-corrected chi connectivity index (χ3v) is 3.06. The largest absolute Gasteiger partial charge is 0.392 e. The number of rotatable bonds is 5. The maximum absolute atomic E-state index is 9.18. The number of hydrogen-bond acceptors (Lipinski definition) is 3. The predicted octanol–water partition coefficient (Wildman–Crippen LogP) is 1.30. The Morgan fingerprint density at radius 2 is 2.12 bits per heavy atom. The molecule has 2 N–H and O–H groups in total. The van der Waals surface area contributed by atoms with Gasteiger partial charge in [-0.15, -0.1) is 0 Å². The van der Waals surface area contributed by atoms with Gasteiger partial charge in [-0.1, -0.05) is 24.3 Å². The molecule has 1 atom stereocenters. The number of nitrogens with one attached hydrogen (secondary N) is 1. The van der Waals surface area contributed by atoms with Gasteiger partial charge in [0.05, 0.1) is 13.2 Å². The van der Waals surface area contributed by atoms with Gasteiger partial charge in [0.15, 0.2) is 0 Å². The topological polar surface area (TPSA) is 41.5 Å². The van der Waals surface area contributed by atoms with E-state index in [0.29, 0.717) is 5.92 Å². The smallest absolute Gasteiger partial charge is 0.0685 e. The Morgan fingerprint density at radius 3 is 2.81 bits per heavy atom. The van der Waals surface area contributed by atoms with Crippen LogP contribution in [0.25, 0.3) is 0 Å². The molecule has 1 fully saturated rings. The molecular weight excluding hydrogens is 202 g/mol. The van der Waals surface area contributed by atoms with Gasteiger partial charge < -0.3 is 15.2 Å². The number of benzene rings is 1. The molecule has 0 spiro atoms. The standard InChI is InChI=1S/C13H19NO2/c15-9-13-4-2-1-3-12(13)8-14-7-11-5-6-16-10-11/h1-4,11,14-15H,5-10H2. The van der Waals surface area contributed by atoms with Crippen LogP contribution in [-0.4, -0.2) is 24.9 Å². The van der Waals surface area contributed by atoms with Gasteiger partial charge in [0.25, 0.3) is 0 Å². The Labute approximate surface area is 96.4 Å². The summed E-state index contributed by atoms with van der Waals surface area (Å²) in [6, 6.07) is 7.99. The van der Waals surface area contributed by atoms with Gasteiger partial charge in [0.2, 0.25) is 0 Å². The van der Waals surface area contributed by atoms with Gasteiger partial charge in [-0.25, -0.2) is 0 Å². The van der Waals surface area contributed by atoms with Crippen LogP contribution in [0.3, 0.4) is 0 Å². The van der Waals surface area contributed by atoms with Crippen LogP contribution in [0, 0.1) is 5.92 Å². The first-order valence-corrected chi connectivity index (χ1v) is 5.86. The van der Waals surface area contributed by atoms with Crippen molar-refractivity contribution < 1.29 is 9.84 Å². The lowest BCUT2D eigenvalue weighted by molar-refractivity contribution is 0.185. The molecule has 0 aromatic heterocycles. The zero-order valence-electron chi connectivity index (χ0n) is 9.48. The summed E-state index contributed by atoms with van der Waals surface area (Å²) in [4.78, 5) is 0. The molecule has 1 unspecified atom stereocenters. The van der Waals surface area contributed by atoms with E-state index in [1.165, 1.54) is 5.56 Å². The highest BCUT2D eigenvalue weighted by Gasteiger charge is 2.14. The van der Waals surface area contributed by atoms with Crippen LogP contribution in [0.4, 0.5) is 0 Å². The zero-order valence-corrected chi connectivity index (χ0v) is 9.48. The van der Waals surface area contributed by atoms with E-state index >= 15 is 0 Å². The highest BCUT2D eigenvalue weighted by atomic mass is 16.5. The average molecular weight is 221 g/mol. The fourth-order valence-corrected chi connectivity index (χ4v) is 2.04. The van der Waals surface area contributed by atoms with Crippen molar-refractivity contribution in [1.29, 1.82) is 0 Å². The van der Waals surface area contributed by atoms with Gasteiger partial charge in [-0.2, -0.15) is 0 Å². The van der Waals surface area contributed by atoms with Crippen molar-refractivity contribution in [3.05, 3.63) is 35.4 Å². The molecule has 1 saturated heterocycles. The Morgan fingerprint density at radius 1 is 1.31 bits per heavy atom. The molecule has 0 amide bonds. The lowest BCUT2D eigenvalue weighted by Crippen LogP contribution is -2.23. The van der Waals surface area contributed by atoms with E-state index in [-0.39, 0.29) is 6.61 Å². The maximum Gasteiger partial charge on any atom is 0.0685 e. The molecule has 88 valence electrons. The minimum Gasteiger partial charge on any atom is -0.392 e. The molecule has 0 radical (unpaired) electrons. The van der Waals surface area contributed by atoms with Crippen molar-refractivity contribution in [2.75, 3.05) is 19.8 Å². The molecule has 1 aliphatic rings. The first-order chi connectivity index (χ1) is 7.90. The third-order valence-electron chi connectivity index (χ3n) is 3.06. The summed E-state index contributed by atoms with van der Waals surface area (Å²) in [5.41, 5.74) is 2.20. The molecule has 2 rings (SSSR count). The van der Waals surface area contributed by atoms with E-state index in [2.05, 4.69) is 11.4 Å². The molecular formula is C13H19NO2. The summed E-state index contributed by atoms with van der Waals surface area (Å²) < 4.78 is 5.32. The molecule has 1 aromatic carbocycles. The molecule has 0 bridgehead atoms. The van der Waals surface area contributed by atoms with Gasteiger partial charge >= 0.3 is 0 Å². The highest BCUT2D eigenvalue weighted by molar-refractivity contribution is 5.26. The number of aliphatic hydroxyl groups excluding tert-OH is 1. The van der Waals surface area contributed by atoms with E-state index in [1.54, 1.807) is 0 Å². The molecule has 1 aliphatic heterocycles. The third kappa shape index (κ3) is 3.04. The van der Waals surface area contributed by atoms with Crippen molar-refractivity contribution in [3.63, 3.8) is 0 Å². The van der Waals surface area contributed by atoms with Crippen molar-refractivity contribution in [2.24, 2.45) is 5.92 Å². The van der Waals surface area contributed by atoms with Gasteiger partial charge in [-0.3, -0.25) is 0 Å². The summed E-state index contributed by atoms with van der Waals surface area (Å²) in [5, 5.41) is 12.6. The minimum absolute atomic E-state index is 0.115. The molecule has 16 heavy (non-hydrogen) atoms. The molecule has 1 heterocycles. The lowest BCUT2D eigenvalue weighted by atomic mass is 10.1. The Hall–Kier alpha value is -0.900. The van der Waals surface area contributed by atoms with Gasteiger partial charge in [-0.05, 0) is 23.5 Å². The second-order valence-corrected chi connectivity index (χ2v) is 4.29. The normalized spacial score (nSPS) is 20.2. The van der Waals surface area contributed by atoms with Crippen molar-refractivity contribution in [1.82, 2.24) is 5.32 Å². The van der Waals surface area contributed by atoms with Crippen LogP contribution < -0.4 is 5.32 Å². The van der Waals surface area contributed by atoms with Crippen LogP contribution >= 0.6 is 0 Å². The maximum atomic E-state index is 9.18. The van der Waals surface area contributed by atoms with Crippen LogP contribution in [0.1, 0.15) is 17.5 Å². The summed E-state index contributed by atoms with van der Waals surface area (Å²) in [5.74, 6) is 0.654. The van der Waals surface area contributed by atoms with Crippen molar-refractivity contribution in [2.45, 2.75) is 19.6 Å². The SMILES string of the molecule is OCc1ccccc1CNCC1CCOC1. The van der Waals surface area contributed by atoms with Gasteiger partial charge in [0, 0.05) is 19.7 Å². The lowest BCUT2D eigenvalue weighted by Gasteiger charge is -2.11. The van der Waals surface area contributed by atoms with Crippen LogP contribution in [-0.2, 0) is 17.9 Å². The fourth-order valence-electron chi connectivity index (χ4n) is 2.04. The van der Waals surface area contributed by atoms with Crippen molar-refractivity contribution >= 4 is 0 Å². The Bertz CT molecular complexity index is 321. The molecule has 1 aromatic rings. The quantitative estimate of drug-likeness (QED) is 0.787. The second-order valence-electron chi connectivity index (χ2n) is 4.29. The van der Waals surface area contributed by atoms with Crippen LogP contribution in [0.15, 0.2) is 24.3 Å². The molecule has 0 saturated carbocycles.